The van der Waals surface area contributed by atoms with Crippen molar-refractivity contribution in [1.29, 1.82) is 0 Å². The van der Waals surface area contributed by atoms with Crippen LogP contribution < -0.4 is 15.4 Å². The van der Waals surface area contributed by atoms with E-state index in [1.54, 1.807) is 29.7 Å². The van der Waals surface area contributed by atoms with E-state index in [-0.39, 0.29) is 11.9 Å². The van der Waals surface area contributed by atoms with Crippen LogP contribution in [0.4, 0.5) is 10.5 Å². The van der Waals surface area contributed by atoms with Crippen LogP contribution in [-0.2, 0) is 0 Å². The predicted octanol–water partition coefficient (Wildman–Crippen LogP) is 2.78. The third kappa shape index (κ3) is 4.16. The number of carbonyl (C=O) groups excluding carboxylic acids is 1. The maximum Gasteiger partial charge on any atom is 0.319 e. The summed E-state index contributed by atoms with van der Waals surface area (Å²) in [5.41, 5.74) is 1.54. The molecule has 0 fully saturated rings. The van der Waals surface area contributed by atoms with E-state index >= 15 is 0 Å². The summed E-state index contributed by atoms with van der Waals surface area (Å²) in [6.07, 6.45) is 1.61. The number of rotatable bonds is 5. The number of anilines is 1. The summed E-state index contributed by atoms with van der Waals surface area (Å²) in [4.78, 5) is 20.3. The Hall–Kier alpha value is -2.15. The fourth-order valence-corrected chi connectivity index (χ4v) is 2.60. The van der Waals surface area contributed by atoms with Crippen molar-refractivity contribution >= 4 is 23.1 Å². The Labute approximate surface area is 127 Å². The van der Waals surface area contributed by atoms with Gasteiger partial charge in [-0.2, -0.15) is 0 Å². The minimum atomic E-state index is -0.290. The Kier molecular flexibility index (Phi) is 5.10. The fraction of sp³-hybridized carbons (Fsp3) is 0.357. The summed E-state index contributed by atoms with van der Waals surface area (Å²) in [7, 11) is 1.51. The number of aryl methyl sites for hydroxylation is 1. The minimum absolute atomic E-state index is 0.172. The topological polar surface area (TPSA) is 76.1 Å². The zero-order chi connectivity index (χ0) is 15.2. The summed E-state index contributed by atoms with van der Waals surface area (Å²) in [5.74, 6) is 0.557. The van der Waals surface area contributed by atoms with Crippen molar-refractivity contribution in [2.45, 2.75) is 19.8 Å². The smallest absolute Gasteiger partial charge is 0.319 e. The van der Waals surface area contributed by atoms with Gasteiger partial charge in [-0.05, 0) is 19.1 Å². The monoisotopic (exact) mass is 306 g/mol. The minimum Gasteiger partial charge on any atom is -0.480 e. The molecule has 0 bridgehead atoms. The van der Waals surface area contributed by atoms with E-state index in [4.69, 9.17) is 4.74 Å². The molecule has 0 aliphatic heterocycles. The summed E-state index contributed by atoms with van der Waals surface area (Å²) in [6.45, 7) is 4.51. The van der Waals surface area contributed by atoms with Gasteiger partial charge < -0.3 is 15.4 Å². The van der Waals surface area contributed by atoms with Gasteiger partial charge in [0, 0.05) is 29.7 Å². The van der Waals surface area contributed by atoms with Crippen LogP contribution in [0, 0.1) is 6.92 Å². The van der Waals surface area contributed by atoms with Crippen LogP contribution in [0.25, 0.3) is 0 Å². The van der Waals surface area contributed by atoms with Crippen LogP contribution >= 0.6 is 11.3 Å². The number of urea groups is 1. The van der Waals surface area contributed by atoms with Crippen molar-refractivity contribution in [2.24, 2.45) is 0 Å². The maximum atomic E-state index is 11.9. The van der Waals surface area contributed by atoms with Gasteiger partial charge in [0.05, 0.1) is 12.1 Å². The molecule has 2 rings (SSSR count). The molecule has 112 valence electrons. The van der Waals surface area contributed by atoms with Crippen LogP contribution in [0.3, 0.4) is 0 Å². The first-order chi connectivity index (χ1) is 10.1. The second-order valence-electron chi connectivity index (χ2n) is 4.62. The number of hydrogen-bond donors (Lipinski definition) is 2. The Morgan fingerprint density at radius 2 is 2.33 bits per heavy atom. The molecule has 0 unspecified atom stereocenters. The summed E-state index contributed by atoms with van der Waals surface area (Å²) in [5, 5.41) is 8.57. The van der Waals surface area contributed by atoms with Crippen molar-refractivity contribution in [3.8, 4) is 5.88 Å². The number of thiazole rings is 1. The van der Waals surface area contributed by atoms with Crippen LogP contribution in [0.1, 0.15) is 23.5 Å². The SMILES string of the molecule is COc1ncccc1NC(=O)NC[C@H](C)c1nc(C)cs1. The molecular formula is C14H18N4O2S. The number of carbonyl (C=O) groups is 1. The Morgan fingerprint density at radius 3 is 3.00 bits per heavy atom. The predicted molar refractivity (Wildman–Crippen MR) is 83.1 cm³/mol. The van der Waals surface area contributed by atoms with Crippen molar-refractivity contribution in [2.75, 3.05) is 19.0 Å². The van der Waals surface area contributed by atoms with E-state index < -0.39 is 0 Å². The maximum absolute atomic E-state index is 11.9. The van der Waals surface area contributed by atoms with Crippen molar-refractivity contribution < 1.29 is 9.53 Å². The largest absolute Gasteiger partial charge is 0.480 e. The van der Waals surface area contributed by atoms with E-state index in [1.165, 1.54) is 7.11 Å². The molecule has 0 spiro atoms. The van der Waals surface area contributed by atoms with E-state index in [0.29, 0.717) is 18.1 Å². The van der Waals surface area contributed by atoms with Crippen molar-refractivity contribution in [3.63, 3.8) is 0 Å². The average molecular weight is 306 g/mol. The van der Waals surface area contributed by atoms with Gasteiger partial charge in [0.2, 0.25) is 5.88 Å². The molecule has 0 aromatic carbocycles. The van der Waals surface area contributed by atoms with Crippen LogP contribution in [0.5, 0.6) is 5.88 Å². The van der Waals surface area contributed by atoms with Crippen molar-refractivity contribution in [3.05, 3.63) is 34.4 Å². The zero-order valence-electron chi connectivity index (χ0n) is 12.2. The van der Waals surface area contributed by atoms with Crippen molar-refractivity contribution in [1.82, 2.24) is 15.3 Å². The van der Waals surface area contributed by atoms with Crippen LogP contribution in [0.2, 0.25) is 0 Å². The third-order valence-electron chi connectivity index (χ3n) is 2.84. The molecule has 0 saturated carbocycles. The molecule has 0 aliphatic rings. The van der Waals surface area contributed by atoms with Gasteiger partial charge >= 0.3 is 6.03 Å². The first-order valence-electron chi connectivity index (χ1n) is 6.56. The quantitative estimate of drug-likeness (QED) is 0.890. The number of hydrogen-bond acceptors (Lipinski definition) is 5. The lowest BCUT2D eigenvalue weighted by molar-refractivity contribution is 0.251. The number of aromatic nitrogens is 2. The lowest BCUT2D eigenvalue weighted by atomic mass is 10.2. The van der Waals surface area contributed by atoms with E-state index in [0.717, 1.165) is 10.7 Å². The molecular weight excluding hydrogens is 288 g/mol. The van der Waals surface area contributed by atoms with Gasteiger partial charge in [0.1, 0.15) is 5.69 Å². The molecule has 0 aliphatic carbocycles. The molecule has 2 N–H and O–H groups in total. The van der Waals surface area contributed by atoms with Gasteiger partial charge in [0.15, 0.2) is 0 Å². The van der Waals surface area contributed by atoms with Gasteiger partial charge in [-0.3, -0.25) is 0 Å². The normalized spacial score (nSPS) is 11.8. The number of methoxy groups -OCH3 is 1. The molecule has 6 nitrogen and oxygen atoms in total. The lowest BCUT2D eigenvalue weighted by Gasteiger charge is -2.12. The Morgan fingerprint density at radius 1 is 1.52 bits per heavy atom. The second kappa shape index (κ2) is 7.03. The molecule has 2 heterocycles. The molecule has 7 heteroatoms. The Balaban J connectivity index is 1.87. The number of amides is 2. The van der Waals surface area contributed by atoms with E-state index in [9.17, 15) is 4.79 Å². The number of nitrogens with one attached hydrogen (secondary N) is 2. The first-order valence-corrected chi connectivity index (χ1v) is 7.44. The summed E-state index contributed by atoms with van der Waals surface area (Å²) >= 11 is 1.61. The van der Waals surface area contributed by atoms with Gasteiger partial charge in [-0.1, -0.05) is 6.92 Å². The van der Waals surface area contributed by atoms with Crippen LogP contribution in [-0.4, -0.2) is 29.7 Å². The molecule has 1 atom stereocenters. The average Bonchev–Trinajstić information content (AvgIpc) is 2.92. The van der Waals surface area contributed by atoms with Gasteiger partial charge in [0.25, 0.3) is 0 Å². The molecule has 21 heavy (non-hydrogen) atoms. The van der Waals surface area contributed by atoms with E-state index in [2.05, 4.69) is 20.6 Å². The molecule has 2 aromatic rings. The highest BCUT2D eigenvalue weighted by molar-refractivity contribution is 7.09. The highest BCUT2D eigenvalue weighted by Gasteiger charge is 2.12. The van der Waals surface area contributed by atoms with E-state index in [1.807, 2.05) is 19.2 Å². The Bertz CT molecular complexity index is 615. The first kappa shape index (κ1) is 15.2. The molecule has 0 saturated heterocycles. The summed E-state index contributed by atoms with van der Waals surface area (Å²) in [6, 6.07) is 3.18. The third-order valence-corrected chi connectivity index (χ3v) is 4.03. The molecule has 0 radical (unpaired) electrons. The number of nitrogens with zero attached hydrogens (tertiary/aromatic N) is 2. The molecule has 2 amide bonds. The highest BCUT2D eigenvalue weighted by Crippen LogP contribution is 2.20. The fourth-order valence-electron chi connectivity index (χ4n) is 1.75. The zero-order valence-corrected chi connectivity index (χ0v) is 13.0. The highest BCUT2D eigenvalue weighted by atomic mass is 32.1. The van der Waals surface area contributed by atoms with Gasteiger partial charge in [-0.25, -0.2) is 14.8 Å². The number of ether oxygens (including phenoxy) is 1. The standard InChI is InChI=1S/C14H18N4O2S/c1-9(13-17-10(2)8-21-13)7-16-14(19)18-11-5-4-6-15-12(11)20-3/h4-6,8-9H,7H2,1-3H3,(H2,16,18,19)/t9-/m0/s1. The van der Waals surface area contributed by atoms with Gasteiger partial charge in [-0.15, -0.1) is 11.3 Å². The van der Waals surface area contributed by atoms with Crippen LogP contribution in [0.15, 0.2) is 23.7 Å². The lowest BCUT2D eigenvalue weighted by Crippen LogP contribution is -2.31. The second-order valence-corrected chi connectivity index (χ2v) is 5.51. The molecule has 2 aromatic heterocycles. The number of pyridine rings is 1. The summed E-state index contributed by atoms with van der Waals surface area (Å²) < 4.78 is 5.08.